The summed E-state index contributed by atoms with van der Waals surface area (Å²) < 4.78 is 1.98. The fourth-order valence-electron chi connectivity index (χ4n) is 4.38. The van der Waals surface area contributed by atoms with Crippen molar-refractivity contribution >= 4 is 11.8 Å². The highest BCUT2D eigenvalue weighted by Crippen LogP contribution is 2.40. The van der Waals surface area contributed by atoms with Gasteiger partial charge in [0, 0.05) is 25.7 Å². The van der Waals surface area contributed by atoms with Crippen LogP contribution in [0.3, 0.4) is 0 Å². The number of urea groups is 1. The lowest BCUT2D eigenvalue weighted by atomic mass is 10.1. The number of hydrogen-bond donors (Lipinski definition) is 1. The van der Waals surface area contributed by atoms with Crippen molar-refractivity contribution in [1.29, 1.82) is 0 Å². The van der Waals surface area contributed by atoms with Crippen molar-refractivity contribution in [3.8, 4) is 0 Å². The Morgan fingerprint density at radius 2 is 2.04 bits per heavy atom. The molecule has 2 amide bonds. The number of likely N-dealkylation sites (tertiary alicyclic amines) is 2. The van der Waals surface area contributed by atoms with Gasteiger partial charge in [-0.2, -0.15) is 5.10 Å². The number of rotatable bonds is 5. The molecule has 0 radical (unpaired) electrons. The molecule has 1 aliphatic carbocycles. The Bertz CT molecular complexity index is 590. The van der Waals surface area contributed by atoms with Crippen LogP contribution in [0, 0.1) is 11.8 Å². The SMILES string of the molecule is C[C@H](C1CC1)n1nccc1NC(=O)N1CC[C@H](CN2CCCCC2)C1. The van der Waals surface area contributed by atoms with E-state index in [9.17, 15) is 4.79 Å². The average Bonchev–Trinajstić information content (AvgIpc) is 3.20. The third kappa shape index (κ3) is 4.00. The van der Waals surface area contributed by atoms with Gasteiger partial charge in [0.1, 0.15) is 5.82 Å². The first-order valence-electron chi connectivity index (χ1n) is 10.0. The molecular weight excluding hydrogens is 314 g/mol. The maximum Gasteiger partial charge on any atom is 0.323 e. The predicted molar refractivity (Wildman–Crippen MR) is 98.7 cm³/mol. The Labute approximate surface area is 150 Å². The molecule has 0 spiro atoms. The Kier molecular flexibility index (Phi) is 4.97. The van der Waals surface area contributed by atoms with Crippen LogP contribution < -0.4 is 5.32 Å². The number of anilines is 1. The molecule has 0 aromatic carbocycles. The molecule has 1 saturated carbocycles. The first kappa shape index (κ1) is 16.9. The summed E-state index contributed by atoms with van der Waals surface area (Å²) in [4.78, 5) is 17.2. The summed E-state index contributed by atoms with van der Waals surface area (Å²) in [6.45, 7) is 7.58. The molecule has 2 aliphatic heterocycles. The summed E-state index contributed by atoms with van der Waals surface area (Å²) in [5.74, 6) is 2.18. The maximum atomic E-state index is 12.7. The number of hydrogen-bond acceptors (Lipinski definition) is 3. The molecule has 1 aromatic rings. The molecule has 1 N–H and O–H groups in total. The van der Waals surface area contributed by atoms with E-state index < -0.39 is 0 Å². The summed E-state index contributed by atoms with van der Waals surface area (Å²) in [7, 11) is 0. The summed E-state index contributed by atoms with van der Waals surface area (Å²) in [6, 6.07) is 2.32. The van der Waals surface area contributed by atoms with Crippen LogP contribution in [0.25, 0.3) is 0 Å². The van der Waals surface area contributed by atoms with Crippen LogP contribution in [0.2, 0.25) is 0 Å². The van der Waals surface area contributed by atoms with Crippen LogP contribution in [-0.2, 0) is 0 Å². The summed E-state index contributed by atoms with van der Waals surface area (Å²) in [5, 5.41) is 7.52. The van der Waals surface area contributed by atoms with Gasteiger partial charge in [0.15, 0.2) is 0 Å². The number of nitrogens with zero attached hydrogens (tertiary/aromatic N) is 4. The minimum absolute atomic E-state index is 0.0332. The van der Waals surface area contributed by atoms with E-state index in [0.717, 1.165) is 37.8 Å². The zero-order chi connectivity index (χ0) is 17.2. The Balaban J connectivity index is 1.29. The fraction of sp³-hybridized carbons (Fsp3) is 0.789. The Morgan fingerprint density at radius 3 is 2.80 bits per heavy atom. The summed E-state index contributed by atoms with van der Waals surface area (Å²) in [5.41, 5.74) is 0. The van der Waals surface area contributed by atoms with Crippen LogP contribution >= 0.6 is 0 Å². The molecule has 2 atom stereocenters. The first-order valence-corrected chi connectivity index (χ1v) is 10.0. The highest BCUT2D eigenvalue weighted by atomic mass is 16.2. The lowest BCUT2D eigenvalue weighted by Crippen LogP contribution is -2.37. The molecule has 0 unspecified atom stereocenters. The van der Waals surface area contributed by atoms with Crippen LogP contribution in [-0.4, -0.2) is 58.3 Å². The van der Waals surface area contributed by atoms with E-state index in [4.69, 9.17) is 0 Å². The van der Waals surface area contributed by atoms with Gasteiger partial charge >= 0.3 is 6.03 Å². The fourth-order valence-corrected chi connectivity index (χ4v) is 4.38. The smallest absolute Gasteiger partial charge is 0.323 e. The predicted octanol–water partition coefficient (Wildman–Crippen LogP) is 3.19. The second-order valence-electron chi connectivity index (χ2n) is 8.13. The minimum Gasteiger partial charge on any atom is -0.324 e. The number of amides is 2. The Morgan fingerprint density at radius 1 is 1.24 bits per heavy atom. The lowest BCUT2D eigenvalue weighted by Gasteiger charge is -2.29. The zero-order valence-corrected chi connectivity index (χ0v) is 15.4. The van der Waals surface area contributed by atoms with Gasteiger partial charge in [-0.1, -0.05) is 6.42 Å². The number of piperidine rings is 1. The van der Waals surface area contributed by atoms with Gasteiger partial charge in [0.05, 0.1) is 12.2 Å². The maximum absolute atomic E-state index is 12.7. The molecule has 0 bridgehead atoms. The van der Waals surface area contributed by atoms with Crippen LogP contribution in [0.4, 0.5) is 10.6 Å². The van der Waals surface area contributed by atoms with E-state index in [0.29, 0.717) is 12.0 Å². The standard InChI is InChI=1S/C19H31N5O/c1-15(17-5-6-17)24-18(7-9-20-24)21-19(25)23-12-8-16(14-23)13-22-10-3-2-4-11-22/h7,9,15-17H,2-6,8,10-14H2,1H3,(H,21,25)/t15-,16-/m1/s1. The molecule has 25 heavy (non-hydrogen) atoms. The van der Waals surface area contributed by atoms with E-state index in [1.165, 1.54) is 45.2 Å². The van der Waals surface area contributed by atoms with E-state index in [2.05, 4.69) is 22.2 Å². The largest absolute Gasteiger partial charge is 0.324 e. The molecule has 3 heterocycles. The molecule has 2 saturated heterocycles. The number of carbonyl (C=O) groups excluding carboxylic acids is 1. The summed E-state index contributed by atoms with van der Waals surface area (Å²) in [6.07, 6.45) is 9.51. The van der Waals surface area contributed by atoms with Crippen LogP contribution in [0.1, 0.15) is 51.5 Å². The second kappa shape index (κ2) is 7.36. The van der Waals surface area contributed by atoms with E-state index in [1.54, 1.807) is 6.20 Å². The molecule has 6 nitrogen and oxygen atoms in total. The van der Waals surface area contributed by atoms with Gasteiger partial charge in [0.2, 0.25) is 0 Å². The van der Waals surface area contributed by atoms with Gasteiger partial charge in [-0.15, -0.1) is 0 Å². The first-order chi connectivity index (χ1) is 12.2. The van der Waals surface area contributed by atoms with Crippen molar-refractivity contribution < 1.29 is 4.79 Å². The normalized spacial score (nSPS) is 26.0. The lowest BCUT2D eigenvalue weighted by molar-refractivity contribution is 0.192. The topological polar surface area (TPSA) is 53.4 Å². The number of carbonyl (C=O) groups is 1. The molecule has 4 rings (SSSR count). The van der Waals surface area contributed by atoms with Gasteiger partial charge in [-0.3, -0.25) is 5.32 Å². The molecule has 1 aromatic heterocycles. The highest BCUT2D eigenvalue weighted by Gasteiger charge is 2.32. The molecule has 3 fully saturated rings. The van der Waals surface area contributed by atoms with Crippen molar-refractivity contribution in [1.82, 2.24) is 19.6 Å². The van der Waals surface area contributed by atoms with Crippen molar-refractivity contribution in [2.75, 3.05) is 38.0 Å². The third-order valence-corrected chi connectivity index (χ3v) is 6.13. The van der Waals surface area contributed by atoms with Crippen LogP contribution in [0.15, 0.2) is 12.3 Å². The van der Waals surface area contributed by atoms with Crippen molar-refractivity contribution in [2.45, 2.75) is 51.5 Å². The average molecular weight is 345 g/mol. The van der Waals surface area contributed by atoms with Gasteiger partial charge in [0.25, 0.3) is 0 Å². The second-order valence-corrected chi connectivity index (χ2v) is 8.13. The van der Waals surface area contributed by atoms with Crippen molar-refractivity contribution in [3.63, 3.8) is 0 Å². The molecule has 138 valence electrons. The van der Waals surface area contributed by atoms with Crippen LogP contribution in [0.5, 0.6) is 0 Å². The molecule has 6 heteroatoms. The summed E-state index contributed by atoms with van der Waals surface area (Å²) >= 11 is 0. The van der Waals surface area contributed by atoms with Crippen molar-refractivity contribution in [3.05, 3.63) is 12.3 Å². The number of aromatic nitrogens is 2. The van der Waals surface area contributed by atoms with Crippen molar-refractivity contribution in [2.24, 2.45) is 11.8 Å². The van der Waals surface area contributed by atoms with Gasteiger partial charge < -0.3 is 9.80 Å². The van der Waals surface area contributed by atoms with E-state index in [1.807, 2.05) is 15.6 Å². The van der Waals surface area contributed by atoms with Gasteiger partial charge in [-0.25, -0.2) is 9.48 Å². The van der Waals surface area contributed by atoms with E-state index >= 15 is 0 Å². The zero-order valence-electron chi connectivity index (χ0n) is 15.4. The molecule has 3 aliphatic rings. The minimum atomic E-state index is 0.0332. The quantitative estimate of drug-likeness (QED) is 0.892. The third-order valence-electron chi connectivity index (χ3n) is 6.13. The van der Waals surface area contributed by atoms with Gasteiger partial charge in [-0.05, 0) is 64.0 Å². The monoisotopic (exact) mass is 345 g/mol. The number of nitrogens with one attached hydrogen (secondary N) is 1. The Hall–Kier alpha value is -1.56. The highest BCUT2D eigenvalue weighted by molar-refractivity contribution is 5.88. The molecular formula is C19H31N5O. The van der Waals surface area contributed by atoms with E-state index in [-0.39, 0.29) is 6.03 Å².